The fourth-order valence-corrected chi connectivity index (χ4v) is 5.45. The van der Waals surface area contributed by atoms with Crippen LogP contribution in [0.5, 0.6) is 0 Å². The van der Waals surface area contributed by atoms with Crippen LogP contribution < -0.4 is 0 Å². The molecule has 1 aromatic rings. The quantitative estimate of drug-likeness (QED) is 0.460. The molecule has 0 radical (unpaired) electrons. The molecule has 5 rings (SSSR count). The summed E-state index contributed by atoms with van der Waals surface area (Å²) < 4.78 is 17.1. The fraction of sp³-hybridized carbons (Fsp3) is 0.435. The largest absolute Gasteiger partial charge is 0.449 e. The first kappa shape index (κ1) is 17.7. The van der Waals surface area contributed by atoms with E-state index in [1.165, 1.54) is 0 Å². The normalized spacial score (nSPS) is 33.0. The maximum Gasteiger partial charge on any atom is 0.332 e. The molecule has 1 aliphatic carbocycles. The molecule has 0 saturated carbocycles. The average Bonchev–Trinajstić information content (AvgIpc) is 3.36. The Hall–Kier alpha value is -2.39. The summed E-state index contributed by atoms with van der Waals surface area (Å²) in [5.74, 6) is 6.28. The number of ether oxygens (including phenoxy) is 3. The minimum Gasteiger partial charge on any atom is -0.449 e. The zero-order chi connectivity index (χ0) is 19.3. The van der Waals surface area contributed by atoms with E-state index in [-0.39, 0.29) is 30.4 Å². The molecule has 0 amide bonds. The van der Waals surface area contributed by atoms with Gasteiger partial charge in [0.05, 0.1) is 12.1 Å². The van der Waals surface area contributed by atoms with Crippen LogP contribution in [0.3, 0.4) is 0 Å². The van der Waals surface area contributed by atoms with E-state index in [0.717, 1.165) is 36.0 Å². The average molecular weight is 377 g/mol. The van der Waals surface area contributed by atoms with Crippen LogP contribution in [0.1, 0.15) is 24.8 Å². The van der Waals surface area contributed by atoms with Crippen molar-refractivity contribution in [1.29, 1.82) is 0 Å². The highest BCUT2D eigenvalue weighted by Crippen LogP contribution is 2.56. The lowest BCUT2D eigenvalue weighted by molar-refractivity contribution is -0.151. The van der Waals surface area contributed by atoms with Crippen LogP contribution in [-0.2, 0) is 19.0 Å². The first-order chi connectivity index (χ1) is 13.7. The van der Waals surface area contributed by atoms with Crippen molar-refractivity contribution in [2.45, 2.75) is 49.3 Å². The topological polar surface area (TPSA) is 48.0 Å². The maximum atomic E-state index is 12.3. The van der Waals surface area contributed by atoms with Crippen LogP contribution >= 0.6 is 0 Å². The van der Waals surface area contributed by atoms with Gasteiger partial charge in [0.15, 0.2) is 11.9 Å². The number of hydrogen-bond acceptors (Lipinski definition) is 5. The molecular formula is C23H23NO4. The Morgan fingerprint density at radius 1 is 1.18 bits per heavy atom. The van der Waals surface area contributed by atoms with Gasteiger partial charge in [0.25, 0.3) is 0 Å². The molecule has 4 aliphatic rings. The monoisotopic (exact) mass is 377 g/mol. The van der Waals surface area contributed by atoms with E-state index >= 15 is 0 Å². The molecule has 1 spiro atoms. The standard InChI is InChI=1S/C23H23NO4/c1-26-22(27-2)19-10-11-20-23-14-17(24(19)20)12-16(18(23)13-21(25)28-23)9-8-15-6-4-3-5-7-15/h3-7,12-13,17,19-20,22H,10-11,14H2,1-2H3. The number of methoxy groups -OCH3 is 2. The van der Waals surface area contributed by atoms with Crippen molar-refractivity contribution in [2.75, 3.05) is 14.2 Å². The molecular weight excluding hydrogens is 354 g/mol. The number of hydrogen-bond donors (Lipinski definition) is 0. The maximum absolute atomic E-state index is 12.3. The van der Waals surface area contributed by atoms with E-state index in [0.29, 0.717) is 0 Å². The minimum atomic E-state index is -0.585. The predicted molar refractivity (Wildman–Crippen MR) is 103 cm³/mol. The minimum absolute atomic E-state index is 0.139. The van der Waals surface area contributed by atoms with Crippen LogP contribution in [0.2, 0.25) is 0 Å². The molecule has 0 aromatic heterocycles. The molecule has 144 valence electrons. The zero-order valence-corrected chi connectivity index (χ0v) is 16.1. The van der Waals surface area contributed by atoms with Gasteiger partial charge in [-0.25, -0.2) is 4.79 Å². The van der Waals surface area contributed by atoms with Gasteiger partial charge in [-0.3, -0.25) is 4.90 Å². The summed E-state index contributed by atoms with van der Waals surface area (Å²) in [4.78, 5) is 14.7. The second-order valence-corrected chi connectivity index (χ2v) is 7.78. The van der Waals surface area contributed by atoms with Gasteiger partial charge >= 0.3 is 5.97 Å². The van der Waals surface area contributed by atoms with Crippen molar-refractivity contribution >= 4 is 5.97 Å². The summed E-state index contributed by atoms with van der Waals surface area (Å²) in [6, 6.07) is 10.3. The summed E-state index contributed by atoms with van der Waals surface area (Å²) in [6.07, 6.45) is 6.23. The Morgan fingerprint density at radius 3 is 2.71 bits per heavy atom. The number of nitrogens with zero attached hydrogens (tertiary/aromatic N) is 1. The summed E-state index contributed by atoms with van der Waals surface area (Å²) in [5.41, 5.74) is 2.22. The van der Waals surface area contributed by atoms with Gasteiger partial charge in [-0.1, -0.05) is 36.1 Å². The van der Waals surface area contributed by atoms with Gasteiger partial charge in [0.2, 0.25) is 0 Å². The molecule has 1 aromatic carbocycles. The third-order valence-electron chi connectivity index (χ3n) is 6.46. The molecule has 5 heteroatoms. The van der Waals surface area contributed by atoms with E-state index in [9.17, 15) is 4.79 Å². The Balaban J connectivity index is 1.55. The molecule has 2 bridgehead atoms. The third kappa shape index (κ3) is 2.49. The zero-order valence-electron chi connectivity index (χ0n) is 16.1. The van der Waals surface area contributed by atoms with Crippen molar-refractivity contribution in [2.24, 2.45) is 0 Å². The van der Waals surface area contributed by atoms with E-state index < -0.39 is 5.60 Å². The van der Waals surface area contributed by atoms with Crippen LogP contribution in [0.4, 0.5) is 0 Å². The molecule has 3 aliphatic heterocycles. The van der Waals surface area contributed by atoms with Crippen LogP contribution in [0.25, 0.3) is 0 Å². The Kier molecular flexibility index (Phi) is 4.17. The fourth-order valence-electron chi connectivity index (χ4n) is 5.45. The van der Waals surface area contributed by atoms with Crippen molar-refractivity contribution in [3.05, 3.63) is 59.2 Å². The summed E-state index contributed by atoms with van der Waals surface area (Å²) in [5, 5.41) is 0. The number of carbonyl (C=O) groups is 1. The van der Waals surface area contributed by atoms with Crippen molar-refractivity contribution < 1.29 is 19.0 Å². The van der Waals surface area contributed by atoms with Gasteiger partial charge in [0, 0.05) is 49.5 Å². The summed E-state index contributed by atoms with van der Waals surface area (Å²) in [6.45, 7) is 0. The first-order valence-corrected chi connectivity index (χ1v) is 9.74. The van der Waals surface area contributed by atoms with Gasteiger partial charge in [-0.15, -0.1) is 0 Å². The van der Waals surface area contributed by atoms with E-state index in [4.69, 9.17) is 14.2 Å². The lowest BCUT2D eigenvalue weighted by atomic mass is 9.77. The highest BCUT2D eigenvalue weighted by Gasteiger charge is 2.65. The van der Waals surface area contributed by atoms with Crippen LogP contribution in [0, 0.1) is 11.8 Å². The van der Waals surface area contributed by atoms with Crippen LogP contribution in [0.15, 0.2) is 53.6 Å². The predicted octanol–water partition coefficient (Wildman–Crippen LogP) is 2.42. The number of rotatable bonds is 3. The molecule has 4 unspecified atom stereocenters. The van der Waals surface area contributed by atoms with E-state index in [1.54, 1.807) is 20.3 Å². The number of benzene rings is 1. The lowest BCUT2D eigenvalue weighted by Crippen LogP contribution is -2.48. The van der Waals surface area contributed by atoms with E-state index in [2.05, 4.69) is 22.8 Å². The highest BCUT2D eigenvalue weighted by molar-refractivity contribution is 5.90. The molecule has 2 fully saturated rings. The third-order valence-corrected chi connectivity index (χ3v) is 6.46. The van der Waals surface area contributed by atoms with Gasteiger partial charge in [-0.2, -0.15) is 0 Å². The Morgan fingerprint density at radius 2 is 1.96 bits per heavy atom. The summed E-state index contributed by atoms with van der Waals surface area (Å²) >= 11 is 0. The Bertz CT molecular complexity index is 921. The number of carbonyl (C=O) groups excluding carboxylic acids is 1. The second-order valence-electron chi connectivity index (χ2n) is 7.78. The van der Waals surface area contributed by atoms with E-state index in [1.807, 2.05) is 30.3 Å². The first-order valence-electron chi connectivity index (χ1n) is 9.74. The summed E-state index contributed by atoms with van der Waals surface area (Å²) in [7, 11) is 3.35. The number of esters is 1. The molecule has 3 heterocycles. The van der Waals surface area contributed by atoms with Crippen LogP contribution in [-0.4, -0.2) is 55.1 Å². The molecule has 28 heavy (non-hydrogen) atoms. The van der Waals surface area contributed by atoms with Crippen molar-refractivity contribution in [3.8, 4) is 11.8 Å². The highest BCUT2D eigenvalue weighted by atomic mass is 16.7. The van der Waals surface area contributed by atoms with Gasteiger partial charge in [0.1, 0.15) is 0 Å². The van der Waals surface area contributed by atoms with Gasteiger partial charge < -0.3 is 14.2 Å². The SMILES string of the molecule is COC(OC)C1CCC2N1C1C=C(C#Cc3ccccc3)C3=CC(=O)OC32C1. The molecule has 5 nitrogen and oxygen atoms in total. The molecule has 0 N–H and O–H groups in total. The molecule has 4 atom stereocenters. The van der Waals surface area contributed by atoms with Crippen molar-refractivity contribution in [1.82, 2.24) is 4.90 Å². The number of fused-ring (bicyclic) bond motifs is 3. The van der Waals surface area contributed by atoms with Gasteiger partial charge in [-0.05, 0) is 25.0 Å². The smallest absolute Gasteiger partial charge is 0.332 e. The van der Waals surface area contributed by atoms with Crippen molar-refractivity contribution in [3.63, 3.8) is 0 Å². The second kappa shape index (κ2) is 6.59. The lowest BCUT2D eigenvalue weighted by Gasteiger charge is -2.33. The Labute approximate surface area is 164 Å². The molecule has 2 saturated heterocycles.